The summed E-state index contributed by atoms with van der Waals surface area (Å²) in [4.78, 5) is 19.2. The van der Waals surface area contributed by atoms with Crippen LogP contribution in [-0.4, -0.2) is 95.5 Å². The minimum Gasteiger partial charge on any atom is -0.378 e. The van der Waals surface area contributed by atoms with Crippen LogP contribution in [0.5, 0.6) is 0 Å². The Morgan fingerprint density at radius 1 is 1.03 bits per heavy atom. The van der Waals surface area contributed by atoms with Crippen LogP contribution in [0, 0.1) is 5.82 Å². The number of nitrogens with zero attached hydrogens (tertiary/aromatic N) is 6. The lowest BCUT2D eigenvalue weighted by molar-refractivity contribution is 0.122. The second-order valence-corrected chi connectivity index (χ2v) is 9.78. The summed E-state index contributed by atoms with van der Waals surface area (Å²) in [6.45, 7) is 5.97. The van der Waals surface area contributed by atoms with Crippen molar-refractivity contribution in [2.75, 3.05) is 57.4 Å². The Labute approximate surface area is 208 Å². The minimum atomic E-state index is -2.19. The van der Waals surface area contributed by atoms with Crippen molar-refractivity contribution in [3.8, 4) is 11.3 Å². The molecule has 2 saturated heterocycles. The van der Waals surface area contributed by atoms with Gasteiger partial charge in [-0.2, -0.15) is 8.42 Å². The average Bonchev–Trinajstić information content (AvgIpc) is 3.51. The third-order valence-corrected chi connectivity index (χ3v) is 7.22. The molecular formula is C24H26FN7O3S. The van der Waals surface area contributed by atoms with Crippen molar-refractivity contribution < 1.29 is 17.5 Å². The standard InChI is InChI=1S/C24H26FN7O3S/c25-19-1-2-20-18(3-4-26-20)22(19)21-15-32-14-17(13-29-5-7-30(8-6-29)16-36(33)34)27-23(32)24(28-21)31-9-11-35-12-10-31/h1-4,14-16,26H,5-13H2. The number of benzene rings is 1. The molecule has 3 aromatic heterocycles. The number of hydrogen-bond acceptors (Lipinski definition) is 7. The normalized spacial score (nSPS) is 17.8. The van der Waals surface area contributed by atoms with Gasteiger partial charge in [0.2, 0.25) is 10.3 Å². The van der Waals surface area contributed by atoms with Crippen molar-refractivity contribution in [3.63, 3.8) is 0 Å². The number of ether oxygens (including phenoxy) is 1. The van der Waals surface area contributed by atoms with Crippen molar-refractivity contribution in [2.45, 2.75) is 6.54 Å². The van der Waals surface area contributed by atoms with E-state index >= 15 is 4.39 Å². The topological polar surface area (TPSA) is 99.1 Å². The van der Waals surface area contributed by atoms with Gasteiger partial charge in [0, 0.05) is 80.9 Å². The van der Waals surface area contributed by atoms with Gasteiger partial charge in [0.05, 0.1) is 24.6 Å². The Bertz CT molecular complexity index is 1540. The number of morpholine rings is 1. The zero-order chi connectivity index (χ0) is 24.6. The number of aromatic nitrogens is 4. The van der Waals surface area contributed by atoms with Crippen molar-refractivity contribution >= 4 is 38.2 Å². The lowest BCUT2D eigenvalue weighted by atomic mass is 10.1. The number of anilines is 1. The fourth-order valence-corrected chi connectivity index (χ4v) is 5.42. The van der Waals surface area contributed by atoms with Gasteiger partial charge in [0.1, 0.15) is 11.3 Å². The van der Waals surface area contributed by atoms with Crippen molar-refractivity contribution in [2.24, 2.45) is 0 Å². The smallest absolute Gasteiger partial charge is 0.225 e. The molecule has 2 aliphatic heterocycles. The molecule has 1 aromatic carbocycles. The van der Waals surface area contributed by atoms with E-state index in [9.17, 15) is 8.42 Å². The Morgan fingerprint density at radius 3 is 2.61 bits per heavy atom. The van der Waals surface area contributed by atoms with Crippen LogP contribution in [0.25, 0.3) is 27.8 Å². The van der Waals surface area contributed by atoms with Crippen molar-refractivity contribution in [1.82, 2.24) is 29.2 Å². The van der Waals surface area contributed by atoms with Crippen LogP contribution in [0.2, 0.25) is 0 Å². The molecule has 10 nitrogen and oxygen atoms in total. The number of fused-ring (bicyclic) bond motifs is 2. The number of hydrogen-bond donors (Lipinski definition) is 1. The number of nitrogens with one attached hydrogen (secondary N) is 1. The molecule has 0 spiro atoms. The van der Waals surface area contributed by atoms with E-state index in [0.29, 0.717) is 63.0 Å². The molecule has 2 fully saturated rings. The van der Waals surface area contributed by atoms with E-state index in [1.165, 1.54) is 11.6 Å². The lowest BCUT2D eigenvalue weighted by Crippen LogP contribution is -2.45. The summed E-state index contributed by atoms with van der Waals surface area (Å²) >= 11 is 0. The van der Waals surface area contributed by atoms with E-state index in [0.717, 1.165) is 35.3 Å². The van der Waals surface area contributed by atoms with E-state index in [1.54, 1.807) is 12.3 Å². The Morgan fingerprint density at radius 2 is 1.83 bits per heavy atom. The summed E-state index contributed by atoms with van der Waals surface area (Å²) in [5.41, 5.74) is 4.71. The molecule has 188 valence electrons. The van der Waals surface area contributed by atoms with Gasteiger partial charge in [-0.3, -0.25) is 9.80 Å². The van der Waals surface area contributed by atoms with Crippen molar-refractivity contribution in [1.29, 1.82) is 0 Å². The molecule has 0 unspecified atom stereocenters. The number of H-pyrrole nitrogens is 1. The van der Waals surface area contributed by atoms with Gasteiger partial charge in [-0.1, -0.05) is 0 Å². The van der Waals surface area contributed by atoms with Gasteiger partial charge in [-0.15, -0.1) is 0 Å². The summed E-state index contributed by atoms with van der Waals surface area (Å²) in [5.74, 6) is 0.391. The second kappa shape index (κ2) is 9.62. The third kappa shape index (κ3) is 4.48. The molecule has 6 rings (SSSR count). The van der Waals surface area contributed by atoms with E-state index in [4.69, 9.17) is 14.7 Å². The van der Waals surface area contributed by atoms with Gasteiger partial charge in [0.15, 0.2) is 11.5 Å². The number of rotatable bonds is 5. The Kier molecular flexibility index (Phi) is 6.17. The molecule has 0 saturated carbocycles. The summed E-state index contributed by atoms with van der Waals surface area (Å²) in [6, 6.07) is 5.07. The van der Waals surface area contributed by atoms with Crippen molar-refractivity contribution in [3.05, 3.63) is 48.3 Å². The van der Waals surface area contributed by atoms with E-state index in [1.807, 2.05) is 27.8 Å². The van der Waals surface area contributed by atoms with Crippen LogP contribution in [0.4, 0.5) is 10.2 Å². The summed E-state index contributed by atoms with van der Waals surface area (Å²) in [6.07, 6.45) is 5.62. The highest BCUT2D eigenvalue weighted by Gasteiger charge is 2.23. The Hall–Kier alpha value is -3.32. The van der Waals surface area contributed by atoms with Crippen LogP contribution in [0.3, 0.4) is 0 Å². The highest BCUT2D eigenvalue weighted by Crippen LogP contribution is 2.32. The molecule has 0 bridgehead atoms. The number of aromatic amines is 1. The number of piperazine rings is 1. The molecule has 0 amide bonds. The first-order chi connectivity index (χ1) is 17.5. The molecule has 5 heterocycles. The summed E-state index contributed by atoms with van der Waals surface area (Å²) < 4.78 is 44.5. The summed E-state index contributed by atoms with van der Waals surface area (Å²) in [5, 5.41) is 0.781. The predicted molar refractivity (Wildman–Crippen MR) is 135 cm³/mol. The molecule has 0 radical (unpaired) electrons. The average molecular weight is 512 g/mol. The SMILES string of the molecule is O=S(=O)=CN1CCN(Cc2cn3cc(-c4c(F)ccc5[nH]ccc45)nc(N4CCOCC4)c3n2)CC1. The fourth-order valence-electron chi connectivity index (χ4n) is 4.96. The first-order valence-corrected chi connectivity index (χ1v) is 13.1. The Balaban J connectivity index is 1.37. The van der Waals surface area contributed by atoms with Crippen LogP contribution < -0.4 is 4.90 Å². The largest absolute Gasteiger partial charge is 0.378 e. The maximum atomic E-state index is 15.1. The number of halogens is 1. The molecule has 0 atom stereocenters. The quantitative estimate of drug-likeness (QED) is 0.404. The van der Waals surface area contributed by atoms with E-state index < -0.39 is 10.3 Å². The molecule has 36 heavy (non-hydrogen) atoms. The molecule has 2 aliphatic rings. The highest BCUT2D eigenvalue weighted by atomic mass is 32.2. The van der Waals surface area contributed by atoms with Gasteiger partial charge >= 0.3 is 0 Å². The van der Waals surface area contributed by atoms with Crippen LogP contribution in [-0.2, 0) is 21.6 Å². The highest BCUT2D eigenvalue weighted by molar-refractivity contribution is 7.71. The van der Waals surface area contributed by atoms with Crippen LogP contribution in [0.1, 0.15) is 5.69 Å². The zero-order valence-corrected chi connectivity index (χ0v) is 20.4. The first-order valence-electron chi connectivity index (χ1n) is 11.9. The second-order valence-electron chi connectivity index (χ2n) is 9.05. The molecule has 4 aromatic rings. The molecule has 12 heteroatoms. The molecular weight excluding hydrogens is 485 g/mol. The zero-order valence-electron chi connectivity index (χ0n) is 19.6. The monoisotopic (exact) mass is 511 g/mol. The minimum absolute atomic E-state index is 0.323. The van der Waals surface area contributed by atoms with E-state index in [-0.39, 0.29) is 5.82 Å². The van der Waals surface area contributed by atoms with Gasteiger partial charge < -0.3 is 19.0 Å². The maximum absolute atomic E-state index is 15.1. The summed E-state index contributed by atoms with van der Waals surface area (Å²) in [7, 11) is -2.19. The van der Waals surface area contributed by atoms with Crippen LogP contribution in [0.15, 0.2) is 36.8 Å². The van der Waals surface area contributed by atoms with Crippen LogP contribution >= 0.6 is 0 Å². The fraction of sp³-hybridized carbons (Fsp3) is 0.375. The third-order valence-electron chi connectivity index (χ3n) is 6.75. The van der Waals surface area contributed by atoms with Gasteiger partial charge in [0.25, 0.3) is 0 Å². The van der Waals surface area contributed by atoms with Gasteiger partial charge in [-0.05, 0) is 18.2 Å². The maximum Gasteiger partial charge on any atom is 0.225 e. The lowest BCUT2D eigenvalue weighted by Gasteiger charge is -2.31. The van der Waals surface area contributed by atoms with E-state index in [2.05, 4.69) is 14.8 Å². The number of imidazole rings is 1. The predicted octanol–water partition coefficient (Wildman–Crippen LogP) is 1.61. The molecule has 1 N–H and O–H groups in total. The van der Waals surface area contributed by atoms with Gasteiger partial charge in [-0.25, -0.2) is 14.4 Å². The first kappa shape index (κ1) is 23.1. The molecule has 0 aliphatic carbocycles.